The van der Waals surface area contributed by atoms with Crippen LogP contribution < -0.4 is 0 Å². The van der Waals surface area contributed by atoms with E-state index in [0.29, 0.717) is 0 Å². The third-order valence-electron chi connectivity index (χ3n) is 10.1. The monoisotopic (exact) mass is 626 g/mol. The maximum atomic E-state index is 2.43. The van der Waals surface area contributed by atoms with Crippen molar-refractivity contribution >= 4 is 42.3 Å². The van der Waals surface area contributed by atoms with Crippen LogP contribution in [0.1, 0.15) is 22.6 Å². The molecule has 9 aromatic rings. The summed E-state index contributed by atoms with van der Waals surface area (Å²) in [5, 5.41) is 5.20. The van der Waals surface area contributed by atoms with E-state index in [4.69, 9.17) is 0 Å². The molecule has 0 nitrogen and oxygen atoms in total. The zero-order chi connectivity index (χ0) is 31.6. The maximum absolute atomic E-state index is 2.43. The molecule has 0 aliphatic heterocycles. The molecular formula is C47H30S. The van der Waals surface area contributed by atoms with Crippen LogP contribution in [-0.4, -0.2) is 0 Å². The number of benzene rings is 8. The Balaban J connectivity index is 1.16. The Kier molecular flexibility index (Phi) is 6.22. The highest BCUT2D eigenvalue weighted by atomic mass is 32.1. The molecule has 48 heavy (non-hydrogen) atoms. The van der Waals surface area contributed by atoms with E-state index in [1.165, 1.54) is 92.1 Å². The number of hydrogen-bond donors (Lipinski definition) is 0. The van der Waals surface area contributed by atoms with Crippen LogP contribution in [0.15, 0.2) is 176 Å². The average Bonchev–Trinajstić information content (AvgIpc) is 3.70. The molecule has 8 aromatic carbocycles. The Morgan fingerprint density at radius 1 is 0.354 bits per heavy atom. The van der Waals surface area contributed by atoms with E-state index in [1.54, 1.807) is 0 Å². The Labute approximate surface area is 284 Å². The van der Waals surface area contributed by atoms with E-state index in [0.717, 1.165) is 0 Å². The standard InChI is InChI=1S/C47H30S/c1-3-12-30(13-4-1)35-26-34-16-7-8-17-36(34)41(29-35)39-20-11-21-45-47(39)43-28-33(23-25-44(43)48-45)32-22-24-40-42(27-32)37-18-9-10-19-38(37)46(40)31-14-5-2-6-15-31/h1-29,46H. The van der Waals surface area contributed by atoms with Gasteiger partial charge in [0.05, 0.1) is 0 Å². The predicted octanol–water partition coefficient (Wildman–Crippen LogP) is 13.4. The molecule has 1 unspecified atom stereocenters. The summed E-state index contributed by atoms with van der Waals surface area (Å²) in [6.45, 7) is 0. The lowest BCUT2D eigenvalue weighted by Crippen LogP contribution is -1.98. The topological polar surface area (TPSA) is 0 Å². The smallest absolute Gasteiger partial charge is 0.0361 e. The lowest BCUT2D eigenvalue weighted by atomic mass is 9.88. The van der Waals surface area contributed by atoms with E-state index in [-0.39, 0.29) is 5.92 Å². The van der Waals surface area contributed by atoms with Gasteiger partial charge in [-0.15, -0.1) is 11.3 Å². The predicted molar refractivity (Wildman–Crippen MR) is 206 cm³/mol. The van der Waals surface area contributed by atoms with Crippen LogP contribution in [0.25, 0.3) is 75.5 Å². The second-order valence-electron chi connectivity index (χ2n) is 12.8. The molecule has 224 valence electrons. The minimum atomic E-state index is 0.263. The Hall–Kier alpha value is -5.76. The van der Waals surface area contributed by atoms with Crippen LogP contribution in [-0.2, 0) is 0 Å². The first-order valence-corrected chi connectivity index (χ1v) is 17.4. The molecule has 0 bridgehead atoms. The van der Waals surface area contributed by atoms with E-state index in [2.05, 4.69) is 176 Å². The summed E-state index contributed by atoms with van der Waals surface area (Å²) in [6.07, 6.45) is 0. The summed E-state index contributed by atoms with van der Waals surface area (Å²) >= 11 is 1.89. The van der Waals surface area contributed by atoms with Gasteiger partial charge in [0.1, 0.15) is 0 Å². The van der Waals surface area contributed by atoms with Gasteiger partial charge in [-0.25, -0.2) is 0 Å². The van der Waals surface area contributed by atoms with Crippen LogP contribution in [0.4, 0.5) is 0 Å². The van der Waals surface area contributed by atoms with Gasteiger partial charge in [-0.05, 0) is 108 Å². The summed E-state index contributed by atoms with van der Waals surface area (Å²) in [4.78, 5) is 0. The van der Waals surface area contributed by atoms with Gasteiger partial charge >= 0.3 is 0 Å². The summed E-state index contributed by atoms with van der Waals surface area (Å²) in [7, 11) is 0. The molecule has 0 fully saturated rings. The number of hydrogen-bond acceptors (Lipinski definition) is 1. The molecule has 0 radical (unpaired) electrons. The highest BCUT2D eigenvalue weighted by Gasteiger charge is 2.29. The molecular weight excluding hydrogens is 597 g/mol. The Bertz CT molecular complexity index is 2660. The quantitative estimate of drug-likeness (QED) is 0.182. The lowest BCUT2D eigenvalue weighted by Gasteiger charge is -2.14. The van der Waals surface area contributed by atoms with Gasteiger partial charge in [0.2, 0.25) is 0 Å². The van der Waals surface area contributed by atoms with Crippen molar-refractivity contribution in [2.24, 2.45) is 0 Å². The Morgan fingerprint density at radius 2 is 1.04 bits per heavy atom. The summed E-state index contributed by atoms with van der Waals surface area (Å²) in [6, 6.07) is 65.1. The highest BCUT2D eigenvalue weighted by Crippen LogP contribution is 2.50. The van der Waals surface area contributed by atoms with Crippen LogP contribution in [0.2, 0.25) is 0 Å². The van der Waals surface area contributed by atoms with E-state index < -0.39 is 0 Å². The molecule has 0 N–H and O–H groups in total. The normalized spacial score (nSPS) is 13.6. The summed E-state index contributed by atoms with van der Waals surface area (Å²) < 4.78 is 2.64. The molecule has 10 rings (SSSR count). The minimum Gasteiger partial charge on any atom is -0.135 e. The first kappa shape index (κ1) is 27.4. The molecule has 0 spiro atoms. The van der Waals surface area contributed by atoms with Crippen LogP contribution >= 0.6 is 11.3 Å². The zero-order valence-electron chi connectivity index (χ0n) is 26.2. The first-order chi connectivity index (χ1) is 23.8. The minimum absolute atomic E-state index is 0.263. The second kappa shape index (κ2) is 10.9. The van der Waals surface area contributed by atoms with Crippen molar-refractivity contribution in [1.82, 2.24) is 0 Å². The van der Waals surface area contributed by atoms with Gasteiger partial charge in [-0.1, -0.05) is 140 Å². The molecule has 1 aliphatic rings. The van der Waals surface area contributed by atoms with Gasteiger partial charge in [-0.2, -0.15) is 0 Å². The lowest BCUT2D eigenvalue weighted by molar-refractivity contribution is 1.02. The maximum Gasteiger partial charge on any atom is 0.0361 e. The van der Waals surface area contributed by atoms with Crippen molar-refractivity contribution in [1.29, 1.82) is 0 Å². The molecule has 1 aliphatic carbocycles. The summed E-state index contributed by atoms with van der Waals surface area (Å²) in [5.41, 5.74) is 14.4. The van der Waals surface area contributed by atoms with Crippen molar-refractivity contribution in [3.63, 3.8) is 0 Å². The fourth-order valence-electron chi connectivity index (χ4n) is 7.95. The average molecular weight is 627 g/mol. The van der Waals surface area contributed by atoms with E-state index in [9.17, 15) is 0 Å². The molecule has 1 heterocycles. The molecule has 1 atom stereocenters. The number of rotatable bonds is 4. The molecule has 0 saturated carbocycles. The first-order valence-electron chi connectivity index (χ1n) is 16.6. The van der Waals surface area contributed by atoms with Gasteiger partial charge < -0.3 is 0 Å². The molecule has 0 saturated heterocycles. The van der Waals surface area contributed by atoms with E-state index >= 15 is 0 Å². The van der Waals surface area contributed by atoms with E-state index in [1.807, 2.05) is 11.3 Å². The largest absolute Gasteiger partial charge is 0.135 e. The molecule has 1 aromatic heterocycles. The van der Waals surface area contributed by atoms with Crippen molar-refractivity contribution < 1.29 is 0 Å². The zero-order valence-corrected chi connectivity index (χ0v) is 27.0. The molecule has 0 amide bonds. The Morgan fingerprint density at radius 3 is 1.94 bits per heavy atom. The molecule has 1 heteroatoms. The second-order valence-corrected chi connectivity index (χ2v) is 13.9. The van der Waals surface area contributed by atoms with Gasteiger partial charge in [0.15, 0.2) is 0 Å². The van der Waals surface area contributed by atoms with Crippen molar-refractivity contribution in [2.75, 3.05) is 0 Å². The van der Waals surface area contributed by atoms with Crippen molar-refractivity contribution in [2.45, 2.75) is 5.92 Å². The van der Waals surface area contributed by atoms with Crippen LogP contribution in [0.5, 0.6) is 0 Å². The SMILES string of the molecule is c1ccc(-c2cc(-c3cccc4sc5ccc(-c6ccc7c(c6)-c6ccccc6C7c6ccccc6)cc5c34)c3ccccc3c2)cc1. The van der Waals surface area contributed by atoms with Gasteiger partial charge in [0.25, 0.3) is 0 Å². The third-order valence-corrected chi connectivity index (χ3v) is 11.3. The number of thiophene rings is 1. The highest BCUT2D eigenvalue weighted by molar-refractivity contribution is 7.26. The summed E-state index contributed by atoms with van der Waals surface area (Å²) in [5.74, 6) is 0.263. The third kappa shape index (κ3) is 4.29. The number of fused-ring (bicyclic) bond motifs is 7. The van der Waals surface area contributed by atoms with Crippen LogP contribution in [0, 0.1) is 0 Å². The fourth-order valence-corrected chi connectivity index (χ4v) is 9.06. The fraction of sp³-hybridized carbons (Fsp3) is 0.0213. The van der Waals surface area contributed by atoms with Gasteiger partial charge in [0, 0.05) is 26.1 Å². The van der Waals surface area contributed by atoms with Crippen LogP contribution in [0.3, 0.4) is 0 Å². The van der Waals surface area contributed by atoms with Crippen molar-refractivity contribution in [3.05, 3.63) is 193 Å². The van der Waals surface area contributed by atoms with Crippen molar-refractivity contribution in [3.8, 4) is 44.5 Å². The van der Waals surface area contributed by atoms with Gasteiger partial charge in [-0.3, -0.25) is 0 Å².